The normalized spacial score (nSPS) is 11.5. The quantitative estimate of drug-likeness (QED) is 0.539. The van der Waals surface area contributed by atoms with Crippen LogP contribution in [0.4, 0.5) is 0 Å². The van der Waals surface area contributed by atoms with E-state index in [9.17, 15) is 0 Å². The minimum absolute atomic E-state index is 0.926. The molecule has 0 saturated carbocycles. The highest BCUT2D eigenvalue weighted by molar-refractivity contribution is 6.73. The average molecular weight is 313 g/mol. The fourth-order valence-electron chi connectivity index (χ4n) is 2.84. The van der Waals surface area contributed by atoms with Crippen LogP contribution in [0.1, 0.15) is 36.4 Å². The number of aromatic nitrogens is 2. The number of H-pyrrole nitrogens is 1. The summed E-state index contributed by atoms with van der Waals surface area (Å²) in [6.45, 7) is 4.31. The first-order valence-electron chi connectivity index (χ1n) is 8.54. The Kier molecular flexibility index (Phi) is 5.32. The predicted molar refractivity (Wildman–Crippen MR) is 103 cm³/mol. The highest BCUT2D eigenvalue weighted by Gasteiger charge is 2.12. The third kappa shape index (κ3) is 3.86. The first kappa shape index (κ1) is 16.3. The fourth-order valence-corrected chi connectivity index (χ4v) is 2.84. The van der Waals surface area contributed by atoms with Crippen LogP contribution in [0.25, 0.3) is 11.5 Å². The van der Waals surface area contributed by atoms with Crippen LogP contribution in [-0.2, 0) is 12.8 Å². The van der Waals surface area contributed by atoms with E-state index in [-0.39, 0.29) is 0 Å². The summed E-state index contributed by atoms with van der Waals surface area (Å²) in [6, 6.07) is 20.8. The molecule has 1 radical (unpaired) electrons. The lowest BCUT2D eigenvalue weighted by Crippen LogP contribution is -2.20. The topological polar surface area (TPSA) is 28.7 Å². The summed E-state index contributed by atoms with van der Waals surface area (Å²) in [7, 11) is 2.14. The Bertz CT molecular complexity index is 783. The third-order valence-corrected chi connectivity index (χ3v) is 4.09. The largest absolute Gasteiger partial charge is 0.354 e. The zero-order chi connectivity index (χ0) is 16.8. The molecule has 0 atom stereocenters. The zero-order valence-electron chi connectivity index (χ0n) is 14.3. The van der Waals surface area contributed by atoms with Gasteiger partial charge in [-0.2, -0.15) is 0 Å². The van der Waals surface area contributed by atoms with E-state index in [1.54, 1.807) is 0 Å². The first-order valence-corrected chi connectivity index (χ1v) is 8.54. The van der Waals surface area contributed by atoms with Crippen LogP contribution < -0.4 is 5.72 Å². The van der Waals surface area contributed by atoms with Crippen LogP contribution >= 0.6 is 0 Å². The Labute approximate surface area is 144 Å². The standard InChI is InChI=1S/C21H22BN2/c1-3-19-20(4-2)24-21(23-19)22-18(17-13-9-6-10-14-17)15-16-11-7-5-8-12-16/h5-15H,3-4H2,1-2H3,(H,23,24). The zero-order valence-corrected chi connectivity index (χ0v) is 14.3. The lowest BCUT2D eigenvalue weighted by molar-refractivity contribution is 0.979. The summed E-state index contributed by atoms with van der Waals surface area (Å²) in [4.78, 5) is 8.22. The number of aryl methyl sites for hydroxylation is 2. The van der Waals surface area contributed by atoms with Gasteiger partial charge in [-0.1, -0.05) is 86.1 Å². The van der Waals surface area contributed by atoms with Gasteiger partial charge in [0.1, 0.15) is 0 Å². The molecule has 24 heavy (non-hydrogen) atoms. The number of hydrogen-bond donors (Lipinski definition) is 1. The molecule has 0 aliphatic heterocycles. The van der Waals surface area contributed by atoms with Crippen molar-refractivity contribution in [1.82, 2.24) is 9.97 Å². The second-order valence-corrected chi connectivity index (χ2v) is 5.78. The SMILES string of the molecule is CCc1nc([B]C(=Cc2ccccc2)c2ccccc2)[nH]c1CC. The number of rotatable bonds is 6. The third-order valence-electron chi connectivity index (χ3n) is 4.09. The summed E-state index contributed by atoms with van der Waals surface area (Å²) in [5, 5.41) is 0. The van der Waals surface area contributed by atoms with Crippen molar-refractivity contribution in [2.45, 2.75) is 26.7 Å². The number of imidazole rings is 1. The molecule has 0 amide bonds. The minimum Gasteiger partial charge on any atom is -0.354 e. The predicted octanol–water partition coefficient (Wildman–Crippen LogP) is 4.06. The maximum Gasteiger partial charge on any atom is 0.241 e. The Morgan fingerprint density at radius 2 is 1.62 bits per heavy atom. The van der Waals surface area contributed by atoms with Gasteiger partial charge in [0, 0.05) is 5.69 Å². The van der Waals surface area contributed by atoms with Gasteiger partial charge < -0.3 is 4.98 Å². The molecule has 3 heteroatoms. The molecule has 0 spiro atoms. The Morgan fingerprint density at radius 1 is 0.958 bits per heavy atom. The lowest BCUT2D eigenvalue weighted by atomic mass is 9.65. The highest BCUT2D eigenvalue weighted by atomic mass is 14.9. The highest BCUT2D eigenvalue weighted by Crippen LogP contribution is 2.17. The lowest BCUT2D eigenvalue weighted by Gasteiger charge is -2.06. The second-order valence-electron chi connectivity index (χ2n) is 5.78. The summed E-state index contributed by atoms with van der Waals surface area (Å²) < 4.78 is 0. The van der Waals surface area contributed by atoms with E-state index in [2.05, 4.69) is 80.7 Å². The molecule has 0 fully saturated rings. The van der Waals surface area contributed by atoms with E-state index >= 15 is 0 Å². The van der Waals surface area contributed by atoms with E-state index in [1.807, 2.05) is 12.1 Å². The van der Waals surface area contributed by atoms with Gasteiger partial charge in [-0.05, 0) is 24.0 Å². The molecule has 0 aliphatic rings. The van der Waals surface area contributed by atoms with E-state index in [0.717, 1.165) is 29.7 Å². The molecule has 1 aromatic heterocycles. The number of aromatic amines is 1. The summed E-state index contributed by atoms with van der Waals surface area (Å²) in [6.07, 6.45) is 4.14. The van der Waals surface area contributed by atoms with Crippen LogP contribution in [0, 0.1) is 0 Å². The van der Waals surface area contributed by atoms with Crippen molar-refractivity contribution in [3.05, 3.63) is 83.2 Å². The molecular formula is C21H22BN2. The number of hydrogen-bond acceptors (Lipinski definition) is 1. The smallest absolute Gasteiger partial charge is 0.241 e. The number of nitrogens with zero attached hydrogens (tertiary/aromatic N) is 1. The van der Waals surface area contributed by atoms with Gasteiger partial charge in [-0.3, -0.25) is 0 Å². The van der Waals surface area contributed by atoms with Gasteiger partial charge >= 0.3 is 0 Å². The number of benzene rings is 2. The van der Waals surface area contributed by atoms with Gasteiger partial charge in [0.15, 0.2) is 0 Å². The Hall–Kier alpha value is -2.55. The Balaban J connectivity index is 1.96. The molecule has 119 valence electrons. The van der Waals surface area contributed by atoms with Crippen LogP contribution in [-0.4, -0.2) is 17.2 Å². The molecule has 0 unspecified atom stereocenters. The molecule has 0 saturated heterocycles. The molecule has 3 rings (SSSR count). The molecule has 1 N–H and O–H groups in total. The summed E-state index contributed by atoms with van der Waals surface area (Å²) in [5.74, 6) is 0. The number of nitrogens with one attached hydrogen (secondary N) is 1. The fraction of sp³-hybridized carbons (Fsp3) is 0.190. The maximum absolute atomic E-state index is 4.75. The second kappa shape index (κ2) is 7.82. The van der Waals surface area contributed by atoms with Crippen molar-refractivity contribution in [1.29, 1.82) is 0 Å². The molecule has 1 heterocycles. The van der Waals surface area contributed by atoms with Crippen molar-refractivity contribution < 1.29 is 0 Å². The van der Waals surface area contributed by atoms with Crippen LogP contribution in [0.2, 0.25) is 0 Å². The van der Waals surface area contributed by atoms with E-state index in [1.165, 1.54) is 16.8 Å². The van der Waals surface area contributed by atoms with Crippen molar-refractivity contribution in [2.75, 3.05) is 0 Å². The van der Waals surface area contributed by atoms with E-state index < -0.39 is 0 Å². The molecule has 2 aromatic carbocycles. The van der Waals surface area contributed by atoms with Crippen LogP contribution in [0.15, 0.2) is 60.7 Å². The molecule has 3 aromatic rings. The van der Waals surface area contributed by atoms with Crippen molar-refractivity contribution in [3.63, 3.8) is 0 Å². The van der Waals surface area contributed by atoms with Gasteiger partial charge in [0.25, 0.3) is 0 Å². The molecule has 0 aliphatic carbocycles. The van der Waals surface area contributed by atoms with Crippen molar-refractivity contribution in [3.8, 4) is 0 Å². The summed E-state index contributed by atoms with van der Waals surface area (Å²) in [5.41, 5.74) is 6.85. The molecular weight excluding hydrogens is 291 g/mol. The Morgan fingerprint density at radius 3 is 2.21 bits per heavy atom. The van der Waals surface area contributed by atoms with E-state index in [0.29, 0.717) is 0 Å². The first-order chi connectivity index (χ1) is 11.8. The van der Waals surface area contributed by atoms with Gasteiger partial charge in [-0.15, -0.1) is 0 Å². The monoisotopic (exact) mass is 313 g/mol. The molecule has 2 nitrogen and oxygen atoms in total. The average Bonchev–Trinajstić information content (AvgIpc) is 3.05. The maximum atomic E-state index is 4.75. The van der Waals surface area contributed by atoms with Gasteiger partial charge in [0.05, 0.1) is 11.4 Å². The molecule has 0 bridgehead atoms. The van der Waals surface area contributed by atoms with Crippen molar-refractivity contribution >= 4 is 24.6 Å². The summed E-state index contributed by atoms with van der Waals surface area (Å²) >= 11 is 0. The minimum atomic E-state index is 0.926. The van der Waals surface area contributed by atoms with Gasteiger partial charge in [-0.25, -0.2) is 4.98 Å². The van der Waals surface area contributed by atoms with Crippen molar-refractivity contribution in [2.24, 2.45) is 0 Å². The van der Waals surface area contributed by atoms with Crippen LogP contribution in [0.5, 0.6) is 0 Å². The van der Waals surface area contributed by atoms with Crippen LogP contribution in [0.3, 0.4) is 0 Å². The van der Waals surface area contributed by atoms with E-state index in [4.69, 9.17) is 4.98 Å². The van der Waals surface area contributed by atoms with Gasteiger partial charge in [0.2, 0.25) is 7.28 Å².